The lowest BCUT2D eigenvalue weighted by atomic mass is 10.3. The van der Waals surface area contributed by atoms with Crippen LogP contribution in [0.2, 0.25) is 0 Å². The van der Waals surface area contributed by atoms with Crippen molar-refractivity contribution in [1.82, 2.24) is 10.6 Å². The normalized spacial score (nSPS) is 17.4. The third-order valence-electron chi connectivity index (χ3n) is 1.43. The molecule has 0 bridgehead atoms. The van der Waals surface area contributed by atoms with Gasteiger partial charge < -0.3 is 0 Å². The van der Waals surface area contributed by atoms with Gasteiger partial charge in [0.2, 0.25) is 5.96 Å². The number of carbonyl (C=O) groups is 2. The molecule has 2 N–H and O–H groups in total. The molecule has 5 nitrogen and oxygen atoms in total. The first-order valence-electron chi connectivity index (χ1n) is 3.77. The minimum atomic E-state index is -0.688. The molecule has 1 aliphatic rings. The highest BCUT2D eigenvalue weighted by Gasteiger charge is 2.25. The summed E-state index contributed by atoms with van der Waals surface area (Å²) in [6.07, 6.45) is 5.53. The van der Waals surface area contributed by atoms with Gasteiger partial charge in [0.25, 0.3) is 0 Å². The van der Waals surface area contributed by atoms with Crippen molar-refractivity contribution in [3.63, 3.8) is 0 Å². The maximum Gasteiger partial charge on any atom is 0.316 e. The van der Waals surface area contributed by atoms with E-state index in [9.17, 15) is 9.59 Å². The van der Waals surface area contributed by atoms with Crippen molar-refractivity contribution >= 4 is 17.8 Å². The Morgan fingerprint density at radius 1 is 1.46 bits per heavy atom. The highest BCUT2D eigenvalue weighted by Crippen LogP contribution is 1.95. The van der Waals surface area contributed by atoms with Crippen LogP contribution >= 0.6 is 0 Å². The van der Waals surface area contributed by atoms with E-state index in [4.69, 9.17) is 6.42 Å². The first-order chi connectivity index (χ1) is 6.13. The van der Waals surface area contributed by atoms with E-state index in [0.29, 0.717) is 6.42 Å². The monoisotopic (exact) mass is 179 g/mol. The number of nitrogens with one attached hydrogen (secondary N) is 2. The van der Waals surface area contributed by atoms with Crippen molar-refractivity contribution in [2.45, 2.75) is 19.4 Å². The van der Waals surface area contributed by atoms with Gasteiger partial charge in [-0.2, -0.15) is 0 Å². The van der Waals surface area contributed by atoms with Crippen LogP contribution in [0.3, 0.4) is 0 Å². The van der Waals surface area contributed by atoms with E-state index in [1.807, 2.05) is 0 Å². The Balaban J connectivity index is 2.60. The lowest BCUT2D eigenvalue weighted by Crippen LogP contribution is -2.27. The fourth-order valence-electron chi connectivity index (χ4n) is 0.861. The number of rotatable bonds is 2. The van der Waals surface area contributed by atoms with E-state index in [1.54, 1.807) is 6.92 Å². The molecule has 1 saturated heterocycles. The Labute approximate surface area is 75.6 Å². The summed E-state index contributed by atoms with van der Waals surface area (Å²) < 4.78 is 0. The first kappa shape index (κ1) is 9.26. The van der Waals surface area contributed by atoms with Crippen LogP contribution in [0.1, 0.15) is 13.3 Å². The standard InChI is InChI=1S/C8H9N3O2/c1-3-4-5(2)9-8-10-6(12)7(13)11-8/h1,5H,4H2,2H3,(H2,9,10,11,12,13). The van der Waals surface area contributed by atoms with Crippen LogP contribution in [0, 0.1) is 12.3 Å². The third-order valence-corrected chi connectivity index (χ3v) is 1.43. The zero-order valence-corrected chi connectivity index (χ0v) is 7.13. The SMILES string of the molecule is C#CCC(C)N=C1NC(=O)C(=O)N1. The number of aliphatic imine (C=N–C) groups is 1. The van der Waals surface area contributed by atoms with Gasteiger partial charge in [0, 0.05) is 6.42 Å². The highest BCUT2D eigenvalue weighted by molar-refractivity contribution is 6.45. The molecule has 1 aliphatic heterocycles. The number of nitrogens with zero attached hydrogens (tertiary/aromatic N) is 1. The van der Waals surface area contributed by atoms with Gasteiger partial charge in [0.1, 0.15) is 0 Å². The number of hydrogen-bond donors (Lipinski definition) is 2. The maximum atomic E-state index is 10.7. The van der Waals surface area contributed by atoms with Gasteiger partial charge in [-0.25, -0.2) is 4.99 Å². The zero-order chi connectivity index (χ0) is 9.84. The first-order valence-corrected chi connectivity index (χ1v) is 3.77. The van der Waals surface area contributed by atoms with Crippen molar-refractivity contribution in [3.05, 3.63) is 0 Å². The lowest BCUT2D eigenvalue weighted by Gasteiger charge is -2.01. The minimum absolute atomic E-state index is 0.112. The Hall–Kier alpha value is -1.83. The molecule has 0 saturated carbocycles. The van der Waals surface area contributed by atoms with Crippen LogP contribution in [0.25, 0.3) is 0 Å². The molecule has 1 unspecified atom stereocenters. The molecule has 0 aromatic carbocycles. The molecule has 0 aliphatic carbocycles. The molecular weight excluding hydrogens is 170 g/mol. The summed E-state index contributed by atoms with van der Waals surface area (Å²) in [7, 11) is 0. The topological polar surface area (TPSA) is 70.6 Å². The average molecular weight is 179 g/mol. The summed E-state index contributed by atoms with van der Waals surface area (Å²) in [5.41, 5.74) is 0. The van der Waals surface area contributed by atoms with Crippen LogP contribution in [-0.4, -0.2) is 23.8 Å². The minimum Gasteiger partial charge on any atom is -0.288 e. The molecule has 13 heavy (non-hydrogen) atoms. The van der Waals surface area contributed by atoms with Gasteiger partial charge in [0.05, 0.1) is 6.04 Å². The van der Waals surface area contributed by atoms with Crippen LogP contribution in [0.5, 0.6) is 0 Å². The Morgan fingerprint density at radius 2 is 2.00 bits per heavy atom. The van der Waals surface area contributed by atoms with Crippen molar-refractivity contribution in [2.24, 2.45) is 4.99 Å². The second-order valence-corrected chi connectivity index (χ2v) is 2.64. The molecule has 0 radical (unpaired) electrons. The molecule has 0 spiro atoms. The molecule has 5 heteroatoms. The molecule has 0 aromatic rings. The van der Waals surface area contributed by atoms with E-state index in [2.05, 4.69) is 21.5 Å². The number of guanidine groups is 1. The fourth-order valence-corrected chi connectivity index (χ4v) is 0.861. The molecule has 2 amide bonds. The molecule has 1 heterocycles. The summed E-state index contributed by atoms with van der Waals surface area (Å²) >= 11 is 0. The number of amides is 2. The van der Waals surface area contributed by atoms with Gasteiger partial charge in [-0.05, 0) is 6.92 Å². The predicted octanol–water partition coefficient (Wildman–Crippen LogP) is -1.000. The lowest BCUT2D eigenvalue weighted by molar-refractivity contribution is -0.135. The molecule has 1 rings (SSSR count). The summed E-state index contributed by atoms with van der Waals surface area (Å²) in [4.78, 5) is 25.3. The maximum absolute atomic E-state index is 10.7. The van der Waals surface area contributed by atoms with Gasteiger partial charge in [-0.1, -0.05) is 0 Å². The van der Waals surface area contributed by atoms with Crippen molar-refractivity contribution < 1.29 is 9.59 Å². The van der Waals surface area contributed by atoms with Gasteiger partial charge in [0.15, 0.2) is 0 Å². The van der Waals surface area contributed by atoms with E-state index >= 15 is 0 Å². The van der Waals surface area contributed by atoms with E-state index < -0.39 is 11.8 Å². The Morgan fingerprint density at radius 3 is 2.46 bits per heavy atom. The number of terminal acetylenes is 1. The highest BCUT2D eigenvalue weighted by atomic mass is 16.2. The number of carbonyl (C=O) groups excluding carboxylic acids is 2. The van der Waals surface area contributed by atoms with Crippen molar-refractivity contribution in [2.75, 3.05) is 0 Å². The fraction of sp³-hybridized carbons (Fsp3) is 0.375. The average Bonchev–Trinajstić information content (AvgIpc) is 2.31. The van der Waals surface area contributed by atoms with Gasteiger partial charge in [-0.3, -0.25) is 20.2 Å². The molecular formula is C8H9N3O2. The quantitative estimate of drug-likeness (QED) is 0.421. The summed E-state index contributed by atoms with van der Waals surface area (Å²) in [5, 5.41) is 4.55. The van der Waals surface area contributed by atoms with Gasteiger partial charge in [-0.15, -0.1) is 12.3 Å². The smallest absolute Gasteiger partial charge is 0.288 e. The van der Waals surface area contributed by atoms with Crippen LogP contribution < -0.4 is 10.6 Å². The van der Waals surface area contributed by atoms with Crippen LogP contribution in [0.4, 0.5) is 0 Å². The molecule has 1 fully saturated rings. The van der Waals surface area contributed by atoms with Crippen LogP contribution in [-0.2, 0) is 9.59 Å². The van der Waals surface area contributed by atoms with Crippen molar-refractivity contribution in [3.8, 4) is 12.3 Å². The Kier molecular flexibility index (Phi) is 2.65. The Bertz CT molecular complexity index is 296. The molecule has 1 atom stereocenters. The second-order valence-electron chi connectivity index (χ2n) is 2.64. The van der Waals surface area contributed by atoms with Crippen molar-refractivity contribution in [1.29, 1.82) is 0 Å². The second kappa shape index (κ2) is 3.72. The number of hydrogen-bond acceptors (Lipinski definition) is 3. The predicted molar refractivity (Wildman–Crippen MR) is 46.6 cm³/mol. The molecule has 0 aromatic heterocycles. The summed E-state index contributed by atoms with van der Waals surface area (Å²) in [6, 6.07) is -0.112. The van der Waals surface area contributed by atoms with E-state index in [1.165, 1.54) is 0 Å². The summed E-state index contributed by atoms with van der Waals surface area (Å²) in [5.74, 6) is 1.23. The zero-order valence-electron chi connectivity index (χ0n) is 7.13. The molecule has 68 valence electrons. The van der Waals surface area contributed by atoms with E-state index in [-0.39, 0.29) is 12.0 Å². The summed E-state index contributed by atoms with van der Waals surface area (Å²) in [6.45, 7) is 1.80. The van der Waals surface area contributed by atoms with Gasteiger partial charge >= 0.3 is 11.8 Å². The van der Waals surface area contributed by atoms with E-state index in [0.717, 1.165) is 0 Å². The largest absolute Gasteiger partial charge is 0.316 e. The third kappa shape index (κ3) is 2.30. The van der Waals surface area contributed by atoms with Crippen LogP contribution in [0.15, 0.2) is 4.99 Å².